The summed E-state index contributed by atoms with van der Waals surface area (Å²) in [5, 5.41) is 0. The molecule has 0 spiro atoms. The molecule has 2 nitrogen and oxygen atoms in total. The fraction of sp³-hybridized carbons (Fsp3) is 1.00. The van der Waals surface area contributed by atoms with Crippen molar-refractivity contribution in [1.82, 2.24) is 9.80 Å². The number of hydrogen-bond acceptors (Lipinski definition) is 2. The van der Waals surface area contributed by atoms with Crippen molar-refractivity contribution in [1.29, 1.82) is 0 Å². The SMILES string of the molecule is CCS(C)(C)CCCN1CCN(C)CC1. The zero-order chi connectivity index (χ0) is 11.3. The molecular formula is C12H28N2S. The van der Waals surface area contributed by atoms with Crippen molar-refractivity contribution in [3.8, 4) is 0 Å². The van der Waals surface area contributed by atoms with Crippen molar-refractivity contribution >= 4 is 10.0 Å². The Labute approximate surface area is 97.3 Å². The number of likely N-dealkylation sites (N-methyl/N-ethyl adjacent to an activating group) is 1. The Bertz CT molecular complexity index is 174. The van der Waals surface area contributed by atoms with Crippen LogP contribution in [0.3, 0.4) is 0 Å². The summed E-state index contributed by atoms with van der Waals surface area (Å²) in [7, 11) is 1.96. The van der Waals surface area contributed by atoms with E-state index in [0.29, 0.717) is 0 Å². The molecule has 0 amide bonds. The molecule has 1 rings (SSSR count). The topological polar surface area (TPSA) is 6.48 Å². The van der Waals surface area contributed by atoms with E-state index in [2.05, 4.69) is 36.3 Å². The molecule has 0 aliphatic carbocycles. The number of piperazine rings is 1. The van der Waals surface area contributed by atoms with Gasteiger partial charge < -0.3 is 9.80 Å². The molecule has 0 aromatic carbocycles. The quantitative estimate of drug-likeness (QED) is 0.712. The van der Waals surface area contributed by atoms with Gasteiger partial charge in [0.05, 0.1) is 0 Å². The highest BCUT2D eigenvalue weighted by Crippen LogP contribution is 2.39. The molecular weight excluding hydrogens is 204 g/mol. The van der Waals surface area contributed by atoms with Crippen LogP contribution in [0.2, 0.25) is 0 Å². The molecule has 0 saturated carbocycles. The van der Waals surface area contributed by atoms with Gasteiger partial charge in [-0.3, -0.25) is 0 Å². The molecule has 3 heteroatoms. The molecule has 0 atom stereocenters. The standard InChI is InChI=1S/C12H28N2S/c1-5-15(3,4)12-6-7-14-10-8-13(2)9-11-14/h5-12H2,1-4H3. The van der Waals surface area contributed by atoms with Crippen molar-refractivity contribution in [2.24, 2.45) is 0 Å². The second-order valence-electron chi connectivity index (χ2n) is 5.26. The van der Waals surface area contributed by atoms with Crippen LogP contribution >= 0.6 is 10.0 Å². The zero-order valence-corrected chi connectivity index (χ0v) is 11.8. The maximum atomic E-state index is 2.63. The molecule has 1 aliphatic heterocycles. The minimum absolute atomic E-state index is 0.268. The maximum Gasteiger partial charge on any atom is 0.0110 e. The number of rotatable bonds is 5. The van der Waals surface area contributed by atoms with Gasteiger partial charge in [0, 0.05) is 26.2 Å². The summed E-state index contributed by atoms with van der Waals surface area (Å²) in [4.78, 5) is 5.06. The number of hydrogen-bond donors (Lipinski definition) is 0. The van der Waals surface area contributed by atoms with Gasteiger partial charge in [0.15, 0.2) is 0 Å². The highest BCUT2D eigenvalue weighted by atomic mass is 32.3. The largest absolute Gasteiger partial charge is 0.304 e. The third kappa shape index (κ3) is 5.23. The van der Waals surface area contributed by atoms with E-state index in [-0.39, 0.29) is 10.0 Å². The van der Waals surface area contributed by atoms with Crippen molar-refractivity contribution in [2.45, 2.75) is 13.3 Å². The van der Waals surface area contributed by atoms with Crippen molar-refractivity contribution in [3.63, 3.8) is 0 Å². The molecule has 0 radical (unpaired) electrons. The predicted octanol–water partition coefficient (Wildman–Crippen LogP) is 1.71. The molecule has 92 valence electrons. The molecule has 1 aliphatic rings. The minimum Gasteiger partial charge on any atom is -0.304 e. The molecule has 0 N–H and O–H groups in total. The van der Waals surface area contributed by atoms with Crippen LogP contribution in [0.4, 0.5) is 0 Å². The van der Waals surface area contributed by atoms with E-state index in [4.69, 9.17) is 0 Å². The monoisotopic (exact) mass is 232 g/mol. The first-order valence-electron chi connectivity index (χ1n) is 6.13. The van der Waals surface area contributed by atoms with Gasteiger partial charge in [-0.1, -0.05) is 6.92 Å². The molecule has 0 bridgehead atoms. The van der Waals surface area contributed by atoms with Crippen LogP contribution in [0.5, 0.6) is 0 Å². The Morgan fingerprint density at radius 2 is 1.67 bits per heavy atom. The maximum absolute atomic E-state index is 2.63. The molecule has 15 heavy (non-hydrogen) atoms. The van der Waals surface area contributed by atoms with Crippen LogP contribution in [-0.4, -0.2) is 73.6 Å². The fourth-order valence-electron chi connectivity index (χ4n) is 1.89. The van der Waals surface area contributed by atoms with E-state index in [0.717, 1.165) is 0 Å². The molecule has 1 saturated heterocycles. The first kappa shape index (κ1) is 13.3. The van der Waals surface area contributed by atoms with Gasteiger partial charge in [-0.05, 0) is 44.0 Å². The molecule has 0 unspecified atom stereocenters. The van der Waals surface area contributed by atoms with Crippen molar-refractivity contribution < 1.29 is 0 Å². The van der Waals surface area contributed by atoms with Gasteiger partial charge in [0.1, 0.15) is 0 Å². The Morgan fingerprint density at radius 1 is 1.07 bits per heavy atom. The second kappa shape index (κ2) is 6.12. The highest BCUT2D eigenvalue weighted by molar-refractivity contribution is 8.32. The lowest BCUT2D eigenvalue weighted by molar-refractivity contribution is 0.154. The summed E-state index contributed by atoms with van der Waals surface area (Å²) in [6, 6.07) is 0. The first-order valence-corrected chi connectivity index (χ1v) is 8.92. The summed E-state index contributed by atoms with van der Waals surface area (Å²) in [5.41, 5.74) is 0. The van der Waals surface area contributed by atoms with E-state index in [1.165, 1.54) is 50.7 Å². The van der Waals surface area contributed by atoms with Gasteiger partial charge in [0.2, 0.25) is 0 Å². The van der Waals surface area contributed by atoms with Crippen molar-refractivity contribution in [2.75, 3.05) is 63.8 Å². The highest BCUT2D eigenvalue weighted by Gasteiger charge is 2.14. The normalized spacial score (nSPS) is 21.9. The minimum atomic E-state index is -0.268. The second-order valence-corrected chi connectivity index (χ2v) is 9.78. The van der Waals surface area contributed by atoms with Crippen LogP contribution in [0.15, 0.2) is 0 Å². The fourth-order valence-corrected chi connectivity index (χ4v) is 3.09. The lowest BCUT2D eigenvalue weighted by atomic mass is 10.3. The van der Waals surface area contributed by atoms with Crippen LogP contribution in [0, 0.1) is 0 Å². The van der Waals surface area contributed by atoms with Gasteiger partial charge in [-0.15, -0.1) is 0 Å². The van der Waals surface area contributed by atoms with Gasteiger partial charge >= 0.3 is 0 Å². The van der Waals surface area contributed by atoms with Crippen LogP contribution in [0.25, 0.3) is 0 Å². The lowest BCUT2D eigenvalue weighted by Crippen LogP contribution is -2.44. The third-order valence-electron chi connectivity index (χ3n) is 3.55. The van der Waals surface area contributed by atoms with E-state index in [9.17, 15) is 0 Å². The summed E-state index contributed by atoms with van der Waals surface area (Å²) in [5.74, 6) is 2.84. The molecule has 1 heterocycles. The van der Waals surface area contributed by atoms with Crippen molar-refractivity contribution in [3.05, 3.63) is 0 Å². The van der Waals surface area contributed by atoms with Crippen LogP contribution < -0.4 is 0 Å². The number of nitrogens with zero attached hydrogens (tertiary/aromatic N) is 2. The first-order chi connectivity index (χ1) is 7.03. The average Bonchev–Trinajstić information content (AvgIpc) is 2.21. The molecule has 0 aromatic heterocycles. The van der Waals surface area contributed by atoms with Gasteiger partial charge in [-0.25, -0.2) is 10.0 Å². The summed E-state index contributed by atoms with van der Waals surface area (Å²) >= 11 is 0. The summed E-state index contributed by atoms with van der Waals surface area (Å²) < 4.78 is 0. The Kier molecular flexibility index (Phi) is 5.44. The zero-order valence-electron chi connectivity index (χ0n) is 11.0. The van der Waals surface area contributed by atoms with Crippen LogP contribution in [0.1, 0.15) is 13.3 Å². The van der Waals surface area contributed by atoms with E-state index >= 15 is 0 Å². The molecule has 0 aromatic rings. The lowest BCUT2D eigenvalue weighted by Gasteiger charge is -2.34. The third-order valence-corrected chi connectivity index (χ3v) is 6.51. The van der Waals surface area contributed by atoms with Crippen LogP contribution in [-0.2, 0) is 0 Å². The van der Waals surface area contributed by atoms with E-state index in [1.807, 2.05) is 0 Å². The Balaban J connectivity index is 2.10. The Morgan fingerprint density at radius 3 is 2.20 bits per heavy atom. The van der Waals surface area contributed by atoms with Gasteiger partial charge in [0.25, 0.3) is 0 Å². The van der Waals surface area contributed by atoms with E-state index < -0.39 is 0 Å². The smallest absolute Gasteiger partial charge is 0.0110 e. The summed E-state index contributed by atoms with van der Waals surface area (Å²) in [6.07, 6.45) is 6.34. The van der Waals surface area contributed by atoms with E-state index in [1.54, 1.807) is 0 Å². The average molecular weight is 232 g/mol. The Hall–Kier alpha value is 0.270. The molecule has 1 fully saturated rings. The predicted molar refractivity (Wildman–Crippen MR) is 73.4 cm³/mol. The van der Waals surface area contributed by atoms with Gasteiger partial charge in [-0.2, -0.15) is 0 Å². The summed E-state index contributed by atoms with van der Waals surface area (Å²) in [6.45, 7) is 8.72.